The molecule has 1 fully saturated rings. The molecule has 0 aliphatic heterocycles. The molecule has 0 radical (unpaired) electrons. The van der Waals surface area contributed by atoms with Crippen molar-refractivity contribution in [1.82, 2.24) is 4.57 Å². The van der Waals surface area contributed by atoms with Gasteiger partial charge in [-0.15, -0.1) is 0 Å². The van der Waals surface area contributed by atoms with E-state index in [1.54, 1.807) is 0 Å². The van der Waals surface area contributed by atoms with E-state index in [9.17, 15) is 9.90 Å². The number of benzene rings is 1. The smallest absolute Gasteiger partial charge is 0.315 e. The summed E-state index contributed by atoms with van der Waals surface area (Å²) in [7, 11) is 1.93. The van der Waals surface area contributed by atoms with Crippen molar-refractivity contribution in [2.24, 2.45) is 7.05 Å². The SMILES string of the molecule is Cn1c(C2(C(=O)O)CCC2)cc2cc(Cl)ccc21. The van der Waals surface area contributed by atoms with Crippen LogP contribution in [0.15, 0.2) is 24.3 Å². The summed E-state index contributed by atoms with van der Waals surface area (Å²) in [6.07, 6.45) is 2.43. The van der Waals surface area contributed by atoms with Crippen molar-refractivity contribution in [3.63, 3.8) is 0 Å². The van der Waals surface area contributed by atoms with Gasteiger partial charge in [0.15, 0.2) is 0 Å². The molecule has 3 nitrogen and oxygen atoms in total. The van der Waals surface area contributed by atoms with Crippen molar-refractivity contribution in [2.45, 2.75) is 24.7 Å². The van der Waals surface area contributed by atoms with Crippen molar-refractivity contribution in [3.8, 4) is 0 Å². The van der Waals surface area contributed by atoms with Crippen LogP contribution in [0.5, 0.6) is 0 Å². The number of carbonyl (C=O) groups is 1. The zero-order valence-electron chi connectivity index (χ0n) is 10.1. The molecule has 0 bridgehead atoms. The average Bonchev–Trinajstić information content (AvgIpc) is 2.54. The lowest BCUT2D eigenvalue weighted by Gasteiger charge is -2.38. The van der Waals surface area contributed by atoms with Crippen LogP contribution in [0.3, 0.4) is 0 Å². The first kappa shape index (κ1) is 11.6. The maximum absolute atomic E-state index is 11.6. The van der Waals surface area contributed by atoms with Gasteiger partial charge in [0, 0.05) is 28.7 Å². The molecule has 1 aromatic carbocycles. The summed E-state index contributed by atoms with van der Waals surface area (Å²) in [6.45, 7) is 0. The fraction of sp³-hybridized carbons (Fsp3) is 0.357. The zero-order chi connectivity index (χ0) is 12.9. The summed E-state index contributed by atoms with van der Waals surface area (Å²) in [6, 6.07) is 7.63. The lowest BCUT2D eigenvalue weighted by atomic mass is 9.66. The zero-order valence-corrected chi connectivity index (χ0v) is 10.9. The van der Waals surface area contributed by atoms with Gasteiger partial charge in [0.05, 0.1) is 0 Å². The number of aryl methyl sites for hydroxylation is 1. The van der Waals surface area contributed by atoms with Crippen LogP contribution >= 0.6 is 11.6 Å². The number of carboxylic acid groups (broad SMARTS) is 1. The Labute approximate surface area is 110 Å². The number of carboxylic acids is 1. The van der Waals surface area contributed by atoms with Crippen LogP contribution in [0.25, 0.3) is 10.9 Å². The highest BCUT2D eigenvalue weighted by Crippen LogP contribution is 2.45. The van der Waals surface area contributed by atoms with Gasteiger partial charge >= 0.3 is 5.97 Å². The molecule has 1 saturated carbocycles. The molecular weight excluding hydrogens is 250 g/mol. The van der Waals surface area contributed by atoms with E-state index in [4.69, 9.17) is 11.6 Å². The third-order valence-electron chi connectivity index (χ3n) is 4.11. The number of halogens is 1. The second kappa shape index (κ2) is 3.75. The Morgan fingerprint density at radius 1 is 1.39 bits per heavy atom. The molecule has 1 heterocycles. The van der Waals surface area contributed by atoms with E-state index in [0.717, 1.165) is 35.9 Å². The van der Waals surface area contributed by atoms with Crippen molar-refractivity contribution in [2.75, 3.05) is 0 Å². The monoisotopic (exact) mass is 263 g/mol. The average molecular weight is 264 g/mol. The third-order valence-corrected chi connectivity index (χ3v) is 4.35. The Bertz CT molecular complexity index is 641. The Kier molecular flexibility index (Phi) is 2.42. The molecule has 18 heavy (non-hydrogen) atoms. The van der Waals surface area contributed by atoms with Crippen LogP contribution in [0.4, 0.5) is 0 Å². The van der Waals surface area contributed by atoms with E-state index >= 15 is 0 Å². The van der Waals surface area contributed by atoms with Crippen molar-refractivity contribution in [1.29, 1.82) is 0 Å². The number of fused-ring (bicyclic) bond motifs is 1. The van der Waals surface area contributed by atoms with Gasteiger partial charge in [-0.2, -0.15) is 0 Å². The van der Waals surface area contributed by atoms with Gasteiger partial charge in [0.25, 0.3) is 0 Å². The number of aromatic nitrogens is 1. The number of aliphatic carboxylic acids is 1. The minimum Gasteiger partial charge on any atom is -0.481 e. The third kappa shape index (κ3) is 1.40. The highest BCUT2D eigenvalue weighted by Gasteiger charge is 2.47. The topological polar surface area (TPSA) is 42.2 Å². The van der Waals surface area contributed by atoms with Gasteiger partial charge in [0.1, 0.15) is 5.41 Å². The molecule has 1 aliphatic rings. The predicted octanol–water partition coefficient (Wildman–Crippen LogP) is 3.34. The fourth-order valence-electron chi connectivity index (χ4n) is 2.89. The number of hydrogen-bond donors (Lipinski definition) is 1. The van der Waals surface area contributed by atoms with E-state index in [-0.39, 0.29) is 0 Å². The van der Waals surface area contributed by atoms with Gasteiger partial charge in [-0.05, 0) is 37.1 Å². The van der Waals surface area contributed by atoms with E-state index in [0.29, 0.717) is 5.02 Å². The Morgan fingerprint density at radius 3 is 2.67 bits per heavy atom. The minimum atomic E-state index is -0.717. The Morgan fingerprint density at radius 2 is 2.11 bits per heavy atom. The second-order valence-electron chi connectivity index (χ2n) is 5.03. The lowest BCUT2D eigenvalue weighted by molar-refractivity contribution is -0.147. The molecule has 2 aromatic rings. The maximum atomic E-state index is 11.6. The van der Waals surface area contributed by atoms with Gasteiger partial charge in [-0.1, -0.05) is 18.0 Å². The maximum Gasteiger partial charge on any atom is 0.315 e. The van der Waals surface area contributed by atoms with Crippen LogP contribution in [0.1, 0.15) is 25.0 Å². The second-order valence-corrected chi connectivity index (χ2v) is 5.47. The van der Waals surface area contributed by atoms with Crippen LogP contribution in [-0.2, 0) is 17.3 Å². The lowest BCUT2D eigenvalue weighted by Crippen LogP contribution is -2.43. The summed E-state index contributed by atoms with van der Waals surface area (Å²) in [4.78, 5) is 11.6. The highest BCUT2D eigenvalue weighted by molar-refractivity contribution is 6.31. The van der Waals surface area contributed by atoms with Crippen molar-refractivity contribution in [3.05, 3.63) is 35.0 Å². The number of hydrogen-bond acceptors (Lipinski definition) is 1. The fourth-order valence-corrected chi connectivity index (χ4v) is 3.07. The van der Waals surface area contributed by atoms with E-state index < -0.39 is 11.4 Å². The predicted molar refractivity (Wildman–Crippen MR) is 71.1 cm³/mol. The van der Waals surface area contributed by atoms with Crippen LogP contribution in [-0.4, -0.2) is 15.6 Å². The summed E-state index contributed by atoms with van der Waals surface area (Å²) < 4.78 is 1.99. The van der Waals surface area contributed by atoms with Crippen LogP contribution < -0.4 is 0 Å². The molecule has 1 aliphatic carbocycles. The number of nitrogens with zero attached hydrogens (tertiary/aromatic N) is 1. The highest BCUT2D eigenvalue weighted by atomic mass is 35.5. The summed E-state index contributed by atoms with van der Waals surface area (Å²) >= 11 is 5.98. The first-order valence-corrected chi connectivity index (χ1v) is 6.41. The first-order valence-electron chi connectivity index (χ1n) is 6.03. The summed E-state index contributed by atoms with van der Waals surface area (Å²) in [5.74, 6) is -0.717. The molecule has 0 saturated heterocycles. The first-order chi connectivity index (χ1) is 8.54. The molecule has 1 N–H and O–H groups in total. The number of rotatable bonds is 2. The molecular formula is C14H14ClNO2. The Hall–Kier alpha value is -1.48. The molecule has 1 aromatic heterocycles. The van der Waals surface area contributed by atoms with Crippen molar-refractivity contribution < 1.29 is 9.90 Å². The molecule has 94 valence electrons. The Balaban J connectivity index is 2.24. The molecule has 3 rings (SSSR count). The molecule has 0 spiro atoms. The normalized spacial score (nSPS) is 17.7. The molecule has 0 atom stereocenters. The largest absolute Gasteiger partial charge is 0.481 e. The van der Waals surface area contributed by atoms with Gasteiger partial charge in [-0.3, -0.25) is 4.79 Å². The van der Waals surface area contributed by atoms with Crippen LogP contribution in [0.2, 0.25) is 5.02 Å². The quantitative estimate of drug-likeness (QED) is 0.903. The summed E-state index contributed by atoms with van der Waals surface area (Å²) in [5, 5.41) is 11.2. The van der Waals surface area contributed by atoms with Gasteiger partial charge in [0.2, 0.25) is 0 Å². The molecule has 0 amide bonds. The van der Waals surface area contributed by atoms with Gasteiger partial charge in [-0.25, -0.2) is 0 Å². The van der Waals surface area contributed by atoms with E-state index in [1.807, 2.05) is 35.9 Å². The standard InChI is InChI=1S/C14H14ClNO2/c1-16-11-4-3-10(15)7-9(11)8-12(16)14(13(17)18)5-2-6-14/h3-4,7-8H,2,5-6H2,1H3,(H,17,18). The molecule has 0 unspecified atom stereocenters. The van der Waals surface area contributed by atoms with Crippen LogP contribution in [0, 0.1) is 0 Å². The summed E-state index contributed by atoms with van der Waals surface area (Å²) in [5.41, 5.74) is 1.22. The van der Waals surface area contributed by atoms with Gasteiger partial charge < -0.3 is 9.67 Å². The van der Waals surface area contributed by atoms with E-state index in [2.05, 4.69) is 0 Å². The minimum absolute atomic E-state index is 0.678. The van der Waals surface area contributed by atoms with E-state index in [1.165, 1.54) is 0 Å². The van der Waals surface area contributed by atoms with Crippen molar-refractivity contribution >= 4 is 28.5 Å². The molecule has 4 heteroatoms.